The van der Waals surface area contributed by atoms with Crippen LogP contribution in [0.2, 0.25) is 0 Å². The summed E-state index contributed by atoms with van der Waals surface area (Å²) in [4.78, 5) is 22.0. The number of ether oxygens (including phenoxy) is 1. The van der Waals surface area contributed by atoms with Crippen LogP contribution in [0.1, 0.15) is 20.3 Å². The van der Waals surface area contributed by atoms with Crippen LogP contribution in [0.5, 0.6) is 0 Å². The van der Waals surface area contributed by atoms with Crippen molar-refractivity contribution in [1.82, 2.24) is 20.1 Å². The second kappa shape index (κ2) is 16.0. The van der Waals surface area contributed by atoms with E-state index in [1.54, 1.807) is 23.5 Å². The number of amides is 2. The molecule has 1 aromatic heterocycles. The number of halogens is 1. The van der Waals surface area contributed by atoms with E-state index in [0.717, 1.165) is 55.3 Å². The number of nitrogens with one attached hydrogen (secondary N) is 2. The van der Waals surface area contributed by atoms with E-state index < -0.39 is 0 Å². The second-order valence-corrected chi connectivity index (χ2v) is 9.97. The smallest absolute Gasteiger partial charge is 0.314 e. The van der Waals surface area contributed by atoms with E-state index in [1.165, 1.54) is 17.8 Å². The van der Waals surface area contributed by atoms with E-state index in [2.05, 4.69) is 49.7 Å². The fourth-order valence-electron chi connectivity index (χ4n) is 4.05. The number of anilines is 1. The molecule has 2 heterocycles. The number of thiazole rings is 1. The van der Waals surface area contributed by atoms with Gasteiger partial charge in [-0.05, 0) is 62.5 Å². The summed E-state index contributed by atoms with van der Waals surface area (Å²) in [6.45, 7) is 9.92. The number of rotatable bonds is 10. The predicted molar refractivity (Wildman–Crippen MR) is 158 cm³/mol. The van der Waals surface area contributed by atoms with Crippen molar-refractivity contribution < 1.29 is 13.9 Å². The molecule has 1 aliphatic rings. The van der Waals surface area contributed by atoms with Crippen molar-refractivity contribution in [3.8, 4) is 11.3 Å². The van der Waals surface area contributed by atoms with Gasteiger partial charge in [0.1, 0.15) is 5.82 Å². The first-order valence-electron chi connectivity index (χ1n) is 13.6. The average molecular weight is 557 g/mol. The largest absolute Gasteiger partial charge is 0.378 e. The van der Waals surface area contributed by atoms with Crippen LogP contribution in [0.4, 0.5) is 20.6 Å². The summed E-state index contributed by atoms with van der Waals surface area (Å²) in [5, 5.41) is 7.90. The van der Waals surface area contributed by atoms with Crippen LogP contribution in [0.25, 0.3) is 11.3 Å². The van der Waals surface area contributed by atoms with Gasteiger partial charge in [0.2, 0.25) is 0 Å². The molecule has 0 unspecified atom stereocenters. The van der Waals surface area contributed by atoms with Crippen molar-refractivity contribution in [3.05, 3.63) is 64.5 Å². The molecule has 2 N–H and O–H groups in total. The average Bonchev–Trinajstić information content (AvgIpc) is 3.36. The summed E-state index contributed by atoms with van der Waals surface area (Å²) < 4.78 is 21.0. The maximum Gasteiger partial charge on any atom is 0.314 e. The summed E-state index contributed by atoms with van der Waals surface area (Å²) in [6, 6.07) is 14.6. The second-order valence-electron chi connectivity index (χ2n) is 9.13. The Morgan fingerprint density at radius 3 is 2.36 bits per heavy atom. The van der Waals surface area contributed by atoms with Gasteiger partial charge in [0.05, 0.1) is 24.6 Å². The first-order chi connectivity index (χ1) is 19.0. The van der Waals surface area contributed by atoms with Gasteiger partial charge in [-0.15, -0.1) is 11.3 Å². The Morgan fingerprint density at radius 1 is 1.03 bits per heavy atom. The Labute approximate surface area is 235 Å². The number of urea groups is 1. The lowest BCUT2D eigenvalue weighted by molar-refractivity contribution is 0.122. The minimum atomic E-state index is -0.283. The monoisotopic (exact) mass is 556 g/mol. The quantitative estimate of drug-likeness (QED) is 0.355. The molecular weight excluding hydrogens is 515 g/mol. The summed E-state index contributed by atoms with van der Waals surface area (Å²) in [5.41, 5.74) is 4.05. The normalized spacial score (nSPS) is 13.7. The third-order valence-electron chi connectivity index (χ3n) is 6.08. The molecule has 2 aromatic carbocycles. The third-order valence-corrected chi connectivity index (χ3v) is 6.94. The number of benzene rings is 2. The molecule has 4 rings (SSSR count). The zero-order valence-corrected chi connectivity index (χ0v) is 24.3. The highest BCUT2D eigenvalue weighted by Crippen LogP contribution is 2.25. The Morgan fingerprint density at radius 2 is 1.69 bits per heavy atom. The van der Waals surface area contributed by atoms with E-state index >= 15 is 0 Å². The van der Waals surface area contributed by atoms with Gasteiger partial charge in [-0.25, -0.2) is 14.2 Å². The fourth-order valence-corrected chi connectivity index (χ4v) is 5.01. The molecule has 39 heavy (non-hydrogen) atoms. The van der Waals surface area contributed by atoms with Crippen molar-refractivity contribution >= 4 is 28.7 Å². The maximum atomic E-state index is 13.4. The molecular formula is C29H41FN6O2S. The van der Waals surface area contributed by atoms with Crippen LogP contribution in [0.15, 0.2) is 58.9 Å². The van der Waals surface area contributed by atoms with Gasteiger partial charge in [0.25, 0.3) is 0 Å². The van der Waals surface area contributed by atoms with Crippen molar-refractivity contribution in [2.75, 3.05) is 64.9 Å². The highest BCUT2D eigenvalue weighted by molar-refractivity contribution is 7.07. The molecule has 1 aliphatic heterocycles. The van der Waals surface area contributed by atoms with E-state index in [1.807, 2.05) is 32.8 Å². The summed E-state index contributed by atoms with van der Waals surface area (Å²) in [6.07, 6.45) is 0.743. The molecule has 0 aliphatic carbocycles. The van der Waals surface area contributed by atoms with Crippen molar-refractivity contribution in [2.24, 2.45) is 4.99 Å². The number of carbonyl (C=O) groups is 1. The first-order valence-corrected chi connectivity index (χ1v) is 14.5. The molecule has 0 spiro atoms. The lowest BCUT2D eigenvalue weighted by atomic mass is 10.1. The Hall–Kier alpha value is -3.21. The molecule has 0 radical (unpaired) electrons. The molecule has 1 saturated heterocycles. The van der Waals surface area contributed by atoms with Gasteiger partial charge in [-0.1, -0.05) is 26.0 Å². The number of hydrogen-bond donors (Lipinski definition) is 2. The fraction of sp³-hybridized carbons (Fsp3) is 0.448. The summed E-state index contributed by atoms with van der Waals surface area (Å²) in [5.74, 6) is -0.283. The minimum absolute atomic E-state index is 0.160. The Kier molecular flexibility index (Phi) is 12.5. The van der Waals surface area contributed by atoms with E-state index in [9.17, 15) is 9.18 Å². The van der Waals surface area contributed by atoms with Crippen LogP contribution in [-0.2, 0) is 11.3 Å². The van der Waals surface area contributed by atoms with Crippen LogP contribution in [0.3, 0.4) is 0 Å². The molecule has 3 aromatic rings. The van der Waals surface area contributed by atoms with Gasteiger partial charge in [-0.3, -0.25) is 0 Å². The lowest BCUT2D eigenvalue weighted by Gasteiger charge is -2.28. The van der Waals surface area contributed by atoms with Crippen LogP contribution < -0.4 is 20.3 Å². The molecule has 0 bridgehead atoms. The summed E-state index contributed by atoms with van der Waals surface area (Å²) >= 11 is 1.55. The van der Waals surface area contributed by atoms with E-state index in [4.69, 9.17) is 9.73 Å². The topological polar surface area (TPSA) is 74.1 Å². The van der Waals surface area contributed by atoms with E-state index in [-0.39, 0.29) is 11.8 Å². The SMILES string of the molecule is CC.CN(C)CCNC(=O)NCCCn1c(-c2ccc(N3CCOCC3)cc2)csc1=Nc1ccc(F)cc1. The molecule has 2 amide bonds. The highest BCUT2D eigenvalue weighted by Gasteiger charge is 2.13. The number of carbonyl (C=O) groups excluding carboxylic acids is 1. The number of morpholine rings is 1. The van der Waals surface area contributed by atoms with E-state index in [0.29, 0.717) is 25.3 Å². The molecule has 1 fully saturated rings. The summed E-state index contributed by atoms with van der Waals surface area (Å²) in [7, 11) is 3.94. The van der Waals surface area contributed by atoms with Gasteiger partial charge >= 0.3 is 6.03 Å². The number of nitrogens with zero attached hydrogens (tertiary/aromatic N) is 4. The predicted octanol–water partition coefficient (Wildman–Crippen LogP) is 4.70. The number of aromatic nitrogens is 1. The van der Waals surface area contributed by atoms with Gasteiger partial charge < -0.3 is 29.7 Å². The third kappa shape index (κ3) is 9.49. The van der Waals surface area contributed by atoms with Gasteiger partial charge in [0.15, 0.2) is 4.80 Å². The standard InChI is InChI=1S/C27H35FN6O2S.C2H6/c1-32(2)15-13-30-26(35)29-12-3-14-34-25(20-37-27(34)31-23-8-6-22(28)7-9-23)21-4-10-24(11-5-21)33-16-18-36-19-17-33;1-2/h4-11,20H,3,12-19H2,1-2H3,(H2,29,30,35);1-2H3. The highest BCUT2D eigenvalue weighted by atomic mass is 32.1. The van der Waals surface area contributed by atoms with Crippen molar-refractivity contribution in [1.29, 1.82) is 0 Å². The first kappa shape index (κ1) is 30.3. The number of hydrogen-bond acceptors (Lipinski definition) is 6. The van der Waals surface area contributed by atoms with Crippen molar-refractivity contribution in [2.45, 2.75) is 26.8 Å². The van der Waals surface area contributed by atoms with Crippen LogP contribution in [-0.4, -0.2) is 75.5 Å². The Balaban J connectivity index is 0.00000205. The number of likely N-dealkylation sites (N-methyl/N-ethyl adjacent to an activating group) is 1. The molecule has 0 atom stereocenters. The molecule has 10 heteroatoms. The Bertz CT molecular complexity index is 1200. The van der Waals surface area contributed by atoms with Crippen molar-refractivity contribution in [3.63, 3.8) is 0 Å². The van der Waals surface area contributed by atoms with Crippen LogP contribution >= 0.6 is 11.3 Å². The maximum absolute atomic E-state index is 13.4. The zero-order chi connectivity index (χ0) is 28.0. The minimum Gasteiger partial charge on any atom is -0.378 e. The molecule has 8 nitrogen and oxygen atoms in total. The molecule has 0 saturated carbocycles. The van der Waals surface area contributed by atoms with Gasteiger partial charge in [-0.2, -0.15) is 0 Å². The van der Waals surface area contributed by atoms with Crippen LogP contribution in [0, 0.1) is 5.82 Å². The molecule has 212 valence electrons. The zero-order valence-electron chi connectivity index (χ0n) is 23.5. The van der Waals surface area contributed by atoms with Gasteiger partial charge in [0, 0.05) is 50.3 Å². The lowest BCUT2D eigenvalue weighted by Crippen LogP contribution is -2.39.